The monoisotopic (exact) mass is 246 g/mol. The van der Waals surface area contributed by atoms with Crippen LogP contribution in [0.15, 0.2) is 33.5 Å². The van der Waals surface area contributed by atoms with Crippen molar-refractivity contribution in [2.24, 2.45) is 0 Å². The summed E-state index contributed by atoms with van der Waals surface area (Å²) in [6.45, 7) is 6.18. The molecule has 18 heavy (non-hydrogen) atoms. The summed E-state index contributed by atoms with van der Waals surface area (Å²) < 4.78 is 4.99. The van der Waals surface area contributed by atoms with Gasteiger partial charge in [-0.3, -0.25) is 0 Å². The van der Waals surface area contributed by atoms with Crippen LogP contribution in [0.5, 0.6) is 0 Å². The SMILES string of the molecule is CC(C)(C)c1ccc2oc(=O)c(C(=O)O)cc2c1. The fourth-order valence-corrected chi connectivity index (χ4v) is 1.74. The number of benzene rings is 1. The van der Waals surface area contributed by atoms with Gasteiger partial charge in [0.2, 0.25) is 0 Å². The van der Waals surface area contributed by atoms with Crippen LogP contribution in [-0.4, -0.2) is 11.1 Å². The number of fused-ring (bicyclic) bond motifs is 1. The Bertz CT molecular complexity index is 674. The highest BCUT2D eigenvalue weighted by Crippen LogP contribution is 2.25. The van der Waals surface area contributed by atoms with Gasteiger partial charge < -0.3 is 9.52 Å². The first-order chi connectivity index (χ1) is 8.29. The summed E-state index contributed by atoms with van der Waals surface area (Å²) in [5, 5.41) is 9.52. The molecule has 0 unspecified atom stereocenters. The molecule has 2 rings (SSSR count). The Balaban J connectivity index is 2.73. The molecule has 1 aromatic carbocycles. The summed E-state index contributed by atoms with van der Waals surface area (Å²) in [4.78, 5) is 22.3. The van der Waals surface area contributed by atoms with Crippen LogP contribution < -0.4 is 5.63 Å². The molecule has 0 spiro atoms. The fraction of sp³-hybridized carbons (Fsp3) is 0.286. The summed E-state index contributed by atoms with van der Waals surface area (Å²) in [5.41, 5.74) is 0.249. The smallest absolute Gasteiger partial charge is 0.351 e. The quantitative estimate of drug-likeness (QED) is 0.785. The van der Waals surface area contributed by atoms with Crippen LogP contribution in [0.1, 0.15) is 36.7 Å². The van der Waals surface area contributed by atoms with Crippen molar-refractivity contribution in [2.45, 2.75) is 26.2 Å². The van der Waals surface area contributed by atoms with Crippen LogP contribution in [-0.2, 0) is 5.41 Å². The third-order valence-electron chi connectivity index (χ3n) is 2.83. The molecule has 0 aliphatic rings. The number of carboxylic acid groups (broad SMARTS) is 1. The largest absolute Gasteiger partial charge is 0.477 e. The van der Waals surface area contributed by atoms with E-state index in [1.165, 1.54) is 6.07 Å². The molecule has 0 bridgehead atoms. The molecule has 2 aromatic rings. The van der Waals surface area contributed by atoms with Crippen molar-refractivity contribution in [1.82, 2.24) is 0 Å². The van der Waals surface area contributed by atoms with Crippen molar-refractivity contribution in [3.63, 3.8) is 0 Å². The number of carboxylic acids is 1. The lowest BCUT2D eigenvalue weighted by molar-refractivity contribution is 0.0692. The first-order valence-electron chi connectivity index (χ1n) is 5.61. The lowest BCUT2D eigenvalue weighted by Gasteiger charge is -2.19. The normalized spacial score (nSPS) is 11.7. The highest BCUT2D eigenvalue weighted by Gasteiger charge is 2.16. The second-order valence-electron chi connectivity index (χ2n) is 5.26. The molecule has 1 N–H and O–H groups in total. The third-order valence-corrected chi connectivity index (χ3v) is 2.83. The lowest BCUT2D eigenvalue weighted by Crippen LogP contribution is -2.14. The van der Waals surface area contributed by atoms with E-state index in [1.807, 2.05) is 12.1 Å². The van der Waals surface area contributed by atoms with E-state index in [9.17, 15) is 9.59 Å². The Morgan fingerprint density at radius 2 is 1.89 bits per heavy atom. The third kappa shape index (κ3) is 2.14. The number of rotatable bonds is 1. The van der Waals surface area contributed by atoms with Gasteiger partial charge in [-0.15, -0.1) is 0 Å². The van der Waals surface area contributed by atoms with Gasteiger partial charge in [-0.25, -0.2) is 9.59 Å². The summed E-state index contributed by atoms with van der Waals surface area (Å²) in [6.07, 6.45) is 0. The first-order valence-corrected chi connectivity index (χ1v) is 5.61. The van der Waals surface area contributed by atoms with Crippen LogP contribution in [0.3, 0.4) is 0 Å². The second-order valence-corrected chi connectivity index (χ2v) is 5.26. The van der Waals surface area contributed by atoms with Crippen molar-refractivity contribution in [2.75, 3.05) is 0 Å². The highest BCUT2D eigenvalue weighted by atomic mass is 16.4. The zero-order valence-electron chi connectivity index (χ0n) is 10.5. The number of hydrogen-bond acceptors (Lipinski definition) is 3. The van der Waals surface area contributed by atoms with E-state index in [0.29, 0.717) is 11.0 Å². The molecule has 4 heteroatoms. The molecule has 0 saturated heterocycles. The first kappa shape index (κ1) is 12.4. The molecule has 94 valence electrons. The zero-order chi connectivity index (χ0) is 13.5. The van der Waals surface area contributed by atoms with Gasteiger partial charge in [-0.1, -0.05) is 26.8 Å². The van der Waals surface area contributed by atoms with Crippen LogP contribution in [0, 0.1) is 0 Å². The van der Waals surface area contributed by atoms with Gasteiger partial charge in [-0.2, -0.15) is 0 Å². The van der Waals surface area contributed by atoms with Crippen LogP contribution in [0.4, 0.5) is 0 Å². The minimum absolute atomic E-state index is 0.0479. The summed E-state index contributed by atoms with van der Waals surface area (Å²) in [5.74, 6) is -1.27. The predicted octanol–water partition coefficient (Wildman–Crippen LogP) is 2.79. The van der Waals surface area contributed by atoms with Crippen molar-refractivity contribution in [3.05, 3.63) is 45.8 Å². The van der Waals surface area contributed by atoms with E-state index in [2.05, 4.69) is 20.8 Å². The topological polar surface area (TPSA) is 67.5 Å². The molecule has 0 aliphatic heterocycles. The molecule has 1 aromatic heterocycles. The van der Waals surface area contributed by atoms with Gasteiger partial charge in [0.05, 0.1) is 0 Å². The molecule has 0 aliphatic carbocycles. The van der Waals surface area contributed by atoms with Crippen molar-refractivity contribution in [1.29, 1.82) is 0 Å². The van der Waals surface area contributed by atoms with Crippen LogP contribution >= 0.6 is 0 Å². The van der Waals surface area contributed by atoms with Gasteiger partial charge in [0.15, 0.2) is 0 Å². The average molecular weight is 246 g/mol. The Labute approximate surface area is 104 Å². The standard InChI is InChI=1S/C14H14O4/c1-14(2,3)9-4-5-11-8(6-9)7-10(12(15)16)13(17)18-11/h4-7H,1-3H3,(H,15,16). The van der Waals surface area contributed by atoms with Crippen LogP contribution in [0.2, 0.25) is 0 Å². The van der Waals surface area contributed by atoms with Crippen molar-refractivity contribution >= 4 is 16.9 Å². The lowest BCUT2D eigenvalue weighted by atomic mass is 9.86. The summed E-state index contributed by atoms with van der Waals surface area (Å²) in [7, 11) is 0. The molecule has 0 atom stereocenters. The maximum absolute atomic E-state index is 11.4. The Kier molecular flexibility index (Phi) is 2.73. The highest BCUT2D eigenvalue weighted by molar-refractivity contribution is 5.91. The molecular weight excluding hydrogens is 232 g/mol. The van der Waals surface area contributed by atoms with E-state index in [0.717, 1.165) is 5.56 Å². The Morgan fingerprint density at radius 3 is 2.44 bits per heavy atom. The van der Waals surface area contributed by atoms with E-state index in [4.69, 9.17) is 9.52 Å². The van der Waals surface area contributed by atoms with Crippen LogP contribution in [0.25, 0.3) is 11.0 Å². The predicted molar refractivity (Wildman–Crippen MR) is 68.1 cm³/mol. The molecular formula is C14H14O4. The fourth-order valence-electron chi connectivity index (χ4n) is 1.74. The molecule has 0 saturated carbocycles. The zero-order valence-corrected chi connectivity index (χ0v) is 10.5. The van der Waals surface area contributed by atoms with E-state index < -0.39 is 11.6 Å². The Hall–Kier alpha value is -2.10. The minimum Gasteiger partial charge on any atom is -0.477 e. The van der Waals surface area contributed by atoms with Gasteiger partial charge in [0, 0.05) is 5.39 Å². The number of aromatic carboxylic acids is 1. The van der Waals surface area contributed by atoms with Gasteiger partial charge in [0.1, 0.15) is 11.1 Å². The van der Waals surface area contributed by atoms with Gasteiger partial charge in [-0.05, 0) is 29.2 Å². The maximum Gasteiger partial charge on any atom is 0.351 e. The summed E-state index contributed by atoms with van der Waals surface area (Å²) in [6, 6.07) is 6.79. The van der Waals surface area contributed by atoms with Crippen molar-refractivity contribution in [3.8, 4) is 0 Å². The molecule has 0 fully saturated rings. The van der Waals surface area contributed by atoms with E-state index >= 15 is 0 Å². The van der Waals surface area contributed by atoms with Gasteiger partial charge in [0.25, 0.3) is 0 Å². The van der Waals surface area contributed by atoms with Gasteiger partial charge >= 0.3 is 11.6 Å². The summed E-state index contributed by atoms with van der Waals surface area (Å²) >= 11 is 0. The maximum atomic E-state index is 11.4. The van der Waals surface area contributed by atoms with Crippen molar-refractivity contribution < 1.29 is 14.3 Å². The minimum atomic E-state index is -1.27. The Morgan fingerprint density at radius 1 is 1.22 bits per heavy atom. The molecule has 0 radical (unpaired) electrons. The number of carbonyl (C=O) groups is 1. The van der Waals surface area contributed by atoms with E-state index in [1.54, 1.807) is 6.07 Å². The average Bonchev–Trinajstić information content (AvgIpc) is 2.25. The number of hydrogen-bond donors (Lipinski definition) is 1. The second kappa shape index (κ2) is 3.98. The molecule has 4 nitrogen and oxygen atoms in total. The molecule has 0 amide bonds. The molecule has 1 heterocycles. The van der Waals surface area contributed by atoms with E-state index in [-0.39, 0.29) is 11.0 Å².